The lowest BCUT2D eigenvalue weighted by Gasteiger charge is -2.18. The van der Waals surface area contributed by atoms with Gasteiger partial charge in [-0.2, -0.15) is 0 Å². The predicted octanol–water partition coefficient (Wildman–Crippen LogP) is 4.89. The number of hydrogen-bond donors (Lipinski definition) is 1. The fourth-order valence-corrected chi connectivity index (χ4v) is 3.68. The number of allylic oxidation sites excluding steroid dienone is 2. The van der Waals surface area contributed by atoms with Crippen molar-refractivity contribution in [2.24, 2.45) is 20.9 Å². The van der Waals surface area contributed by atoms with E-state index in [9.17, 15) is 0 Å². The van der Waals surface area contributed by atoms with E-state index in [1.165, 1.54) is 0 Å². The van der Waals surface area contributed by atoms with Crippen LogP contribution in [0, 0.1) is 11.3 Å². The number of nitrogens with zero attached hydrogens (tertiary/aromatic N) is 3. The average molecular weight is 374 g/mol. The van der Waals surface area contributed by atoms with Gasteiger partial charge in [0.1, 0.15) is 5.75 Å². The second-order valence-corrected chi connectivity index (χ2v) is 7.35. The van der Waals surface area contributed by atoms with Crippen molar-refractivity contribution in [2.75, 3.05) is 13.2 Å². The van der Waals surface area contributed by atoms with E-state index in [1.54, 1.807) is 0 Å². The molecule has 1 unspecified atom stereocenters. The maximum atomic E-state index is 8.09. The number of fused-ring (bicyclic) bond motifs is 3. The van der Waals surface area contributed by atoms with Gasteiger partial charge in [0.15, 0.2) is 5.84 Å². The zero-order chi connectivity index (χ0) is 19.2. The Hall–Kier alpha value is -2.82. The maximum absolute atomic E-state index is 8.09. The van der Waals surface area contributed by atoms with Crippen LogP contribution in [0.3, 0.4) is 0 Å². The highest BCUT2D eigenvalue weighted by atomic mass is 16.5. The first-order chi connectivity index (χ1) is 13.8. The average Bonchev–Trinajstić information content (AvgIpc) is 2.93. The molecule has 0 fully saturated rings. The first kappa shape index (κ1) is 18.5. The van der Waals surface area contributed by atoms with E-state index in [0.717, 1.165) is 79.2 Å². The van der Waals surface area contributed by atoms with Gasteiger partial charge in [-0.05, 0) is 62.3 Å². The molecule has 4 bridgehead atoms. The number of rotatable bonds is 0. The topological polar surface area (TPSA) is 70.2 Å². The Kier molecular flexibility index (Phi) is 5.90. The van der Waals surface area contributed by atoms with Crippen molar-refractivity contribution in [3.63, 3.8) is 0 Å². The molecule has 1 N–H and O–H groups in total. The second-order valence-electron chi connectivity index (χ2n) is 7.35. The molecule has 3 aliphatic rings. The molecule has 0 amide bonds. The monoisotopic (exact) mass is 374 g/mol. The van der Waals surface area contributed by atoms with Gasteiger partial charge in [-0.25, -0.2) is 9.98 Å². The lowest BCUT2D eigenvalue weighted by atomic mass is 9.93. The molecule has 0 aliphatic carbocycles. The summed E-state index contributed by atoms with van der Waals surface area (Å²) in [6.07, 6.45) is 13.4. The number of benzene rings is 1. The number of ether oxygens (including phenoxy) is 1. The van der Waals surface area contributed by atoms with Crippen LogP contribution in [-0.2, 0) is 0 Å². The minimum absolute atomic E-state index is 0.267. The van der Waals surface area contributed by atoms with E-state index in [2.05, 4.69) is 28.2 Å². The van der Waals surface area contributed by atoms with Crippen molar-refractivity contribution in [3.8, 4) is 5.75 Å². The molecule has 0 spiro atoms. The van der Waals surface area contributed by atoms with Crippen molar-refractivity contribution < 1.29 is 4.74 Å². The molecule has 1 aromatic carbocycles. The van der Waals surface area contributed by atoms with Gasteiger partial charge >= 0.3 is 0 Å². The van der Waals surface area contributed by atoms with E-state index in [-0.39, 0.29) is 5.92 Å². The number of hydrogen-bond acceptors (Lipinski definition) is 5. The maximum Gasteiger partial charge on any atom is 0.151 e. The van der Waals surface area contributed by atoms with E-state index in [4.69, 9.17) is 15.1 Å². The standard InChI is InChI=1S/C23H26N4O/c24-19-6-1-2-12-26-22-10-9-17-11-13-25-16-21(23(17)27-22)18-5-3-8-20(15-18)28-14-4-7-19/h3,5,8-10,12,15-17,24H,1-2,4,6-7,11,13-14H2/b24-19?,26-12+. The summed E-state index contributed by atoms with van der Waals surface area (Å²) in [5.41, 5.74) is 3.95. The highest BCUT2D eigenvalue weighted by molar-refractivity contribution is 6.13. The van der Waals surface area contributed by atoms with Crippen LogP contribution in [0.2, 0.25) is 0 Å². The second kappa shape index (κ2) is 8.91. The van der Waals surface area contributed by atoms with Crippen LogP contribution in [0.1, 0.15) is 44.1 Å². The third-order valence-electron chi connectivity index (χ3n) is 5.20. The highest BCUT2D eigenvalue weighted by Crippen LogP contribution is 2.33. The molecule has 144 valence electrons. The normalized spacial score (nSPS) is 24.1. The minimum Gasteiger partial charge on any atom is -0.494 e. The molecule has 1 atom stereocenters. The van der Waals surface area contributed by atoms with Gasteiger partial charge in [-0.3, -0.25) is 4.99 Å². The fraction of sp³-hybridized carbons (Fsp3) is 0.391. The van der Waals surface area contributed by atoms with Crippen LogP contribution in [0.15, 0.2) is 57.1 Å². The van der Waals surface area contributed by atoms with Crippen molar-refractivity contribution >= 4 is 29.5 Å². The van der Waals surface area contributed by atoms with Crippen molar-refractivity contribution in [1.29, 1.82) is 5.41 Å². The smallest absolute Gasteiger partial charge is 0.151 e. The van der Waals surface area contributed by atoms with Gasteiger partial charge in [-0.15, -0.1) is 0 Å². The molecule has 0 aromatic heterocycles. The number of aliphatic imine (C=N–C) groups is 3. The lowest BCUT2D eigenvalue weighted by Crippen LogP contribution is -2.10. The van der Waals surface area contributed by atoms with Crippen molar-refractivity contribution in [2.45, 2.75) is 38.5 Å². The Balaban J connectivity index is 1.72. The summed E-state index contributed by atoms with van der Waals surface area (Å²) >= 11 is 0. The predicted molar refractivity (Wildman–Crippen MR) is 116 cm³/mol. The molecule has 0 radical (unpaired) electrons. The van der Waals surface area contributed by atoms with E-state index in [0.29, 0.717) is 6.61 Å². The van der Waals surface area contributed by atoms with Crippen molar-refractivity contribution in [1.82, 2.24) is 0 Å². The van der Waals surface area contributed by atoms with Gasteiger partial charge in [0.05, 0.1) is 12.3 Å². The van der Waals surface area contributed by atoms with Gasteiger partial charge in [-0.1, -0.05) is 18.2 Å². The first-order valence-corrected chi connectivity index (χ1v) is 10.1. The Morgan fingerprint density at radius 2 is 2.07 bits per heavy atom. The van der Waals surface area contributed by atoms with Gasteiger partial charge in [0.25, 0.3) is 0 Å². The summed E-state index contributed by atoms with van der Waals surface area (Å²) in [6.45, 7) is 1.43. The lowest BCUT2D eigenvalue weighted by molar-refractivity contribution is 0.313. The molecular weight excluding hydrogens is 348 g/mol. The number of amidine groups is 1. The van der Waals surface area contributed by atoms with Gasteiger partial charge in [0, 0.05) is 36.2 Å². The zero-order valence-corrected chi connectivity index (χ0v) is 16.1. The van der Waals surface area contributed by atoms with E-state index in [1.807, 2.05) is 30.6 Å². The minimum atomic E-state index is 0.267. The summed E-state index contributed by atoms with van der Waals surface area (Å²) in [7, 11) is 0. The zero-order valence-electron chi connectivity index (χ0n) is 16.1. The summed E-state index contributed by atoms with van der Waals surface area (Å²) < 4.78 is 5.95. The summed E-state index contributed by atoms with van der Waals surface area (Å²) in [5, 5.41) is 8.09. The van der Waals surface area contributed by atoms with Crippen LogP contribution < -0.4 is 4.74 Å². The molecule has 5 heteroatoms. The summed E-state index contributed by atoms with van der Waals surface area (Å²) in [6, 6.07) is 8.16. The van der Waals surface area contributed by atoms with Crippen LogP contribution in [0.5, 0.6) is 5.75 Å². The third-order valence-corrected chi connectivity index (χ3v) is 5.20. The van der Waals surface area contributed by atoms with Gasteiger partial charge in [0.2, 0.25) is 0 Å². The van der Waals surface area contributed by atoms with Crippen LogP contribution in [-0.4, -0.2) is 37.1 Å². The Labute approximate surface area is 166 Å². The van der Waals surface area contributed by atoms with Crippen LogP contribution in [0.25, 0.3) is 5.57 Å². The van der Waals surface area contributed by atoms with E-state index < -0.39 is 0 Å². The van der Waals surface area contributed by atoms with Crippen LogP contribution in [0.4, 0.5) is 0 Å². The molecule has 0 saturated heterocycles. The molecule has 5 nitrogen and oxygen atoms in total. The molecule has 4 rings (SSSR count). The molecule has 3 aliphatic heterocycles. The Bertz CT molecular complexity index is 892. The number of dihydropyridines is 1. The summed E-state index contributed by atoms with van der Waals surface area (Å²) in [4.78, 5) is 14.0. The SMILES string of the molecule is N=C1CCC/C=N/C2=NC3=C(C=NCCC3C=C2)c2cccc(c2)OCCC1. The molecule has 0 saturated carbocycles. The molecule has 1 aromatic rings. The summed E-state index contributed by atoms with van der Waals surface area (Å²) in [5.74, 6) is 1.86. The highest BCUT2D eigenvalue weighted by Gasteiger charge is 2.22. The Morgan fingerprint density at radius 1 is 1.14 bits per heavy atom. The fourth-order valence-electron chi connectivity index (χ4n) is 3.68. The van der Waals surface area contributed by atoms with Gasteiger partial charge < -0.3 is 10.1 Å². The first-order valence-electron chi connectivity index (χ1n) is 10.1. The molecule has 28 heavy (non-hydrogen) atoms. The van der Waals surface area contributed by atoms with E-state index >= 15 is 0 Å². The largest absolute Gasteiger partial charge is 0.494 e. The number of nitrogens with one attached hydrogen (secondary N) is 1. The Morgan fingerprint density at radius 3 is 3.04 bits per heavy atom. The van der Waals surface area contributed by atoms with Crippen LogP contribution >= 0.6 is 0 Å². The van der Waals surface area contributed by atoms with Crippen molar-refractivity contribution in [3.05, 3.63) is 47.7 Å². The quantitative estimate of drug-likeness (QED) is 0.690. The molecular formula is C23H26N4O. The third kappa shape index (κ3) is 4.53. The molecule has 3 heterocycles.